The molecule has 0 aliphatic heterocycles. The maximum Gasteiger partial charge on any atom is 0.131 e. The van der Waals surface area contributed by atoms with Gasteiger partial charge in [0.15, 0.2) is 0 Å². The molecule has 0 unspecified atom stereocenters. The van der Waals surface area contributed by atoms with Crippen LogP contribution in [0, 0.1) is 5.82 Å². The predicted octanol–water partition coefficient (Wildman–Crippen LogP) is 8.96. The standard InChI is InChI=1S/C32H31F/c1-3-7-25-14-17-29(18-15-25)31-21-20-30(32(33)23-31)19-16-26-10-12-27(13-11-26)22-24(2)28-8-5-4-6-9-28/h4-6,8-21,23-24H,3,7,22H2,1-2H3/t24-/m1/s1. The lowest BCUT2D eigenvalue weighted by atomic mass is 9.93. The Balaban J connectivity index is 1.41. The van der Waals surface area contributed by atoms with Crippen molar-refractivity contribution in [3.05, 3.63) is 131 Å². The maximum atomic E-state index is 14.8. The van der Waals surface area contributed by atoms with Crippen molar-refractivity contribution in [1.82, 2.24) is 0 Å². The molecule has 1 atom stereocenters. The van der Waals surface area contributed by atoms with Crippen LogP contribution < -0.4 is 0 Å². The molecule has 0 amide bonds. The minimum absolute atomic E-state index is 0.199. The van der Waals surface area contributed by atoms with Crippen molar-refractivity contribution in [3.8, 4) is 11.1 Å². The highest BCUT2D eigenvalue weighted by atomic mass is 19.1. The summed E-state index contributed by atoms with van der Waals surface area (Å²) in [5.74, 6) is 0.276. The first-order valence-electron chi connectivity index (χ1n) is 11.8. The predicted molar refractivity (Wildman–Crippen MR) is 140 cm³/mol. The number of hydrogen-bond donors (Lipinski definition) is 0. The second-order valence-electron chi connectivity index (χ2n) is 8.77. The van der Waals surface area contributed by atoms with Gasteiger partial charge in [0.25, 0.3) is 0 Å². The van der Waals surface area contributed by atoms with E-state index in [1.165, 1.54) is 16.7 Å². The number of rotatable bonds is 8. The highest BCUT2D eigenvalue weighted by Crippen LogP contribution is 2.24. The largest absolute Gasteiger partial charge is 0.206 e. The molecule has 0 saturated heterocycles. The van der Waals surface area contributed by atoms with Gasteiger partial charge in [0.2, 0.25) is 0 Å². The number of benzene rings is 4. The van der Waals surface area contributed by atoms with Crippen LogP contribution in [0.4, 0.5) is 4.39 Å². The molecule has 0 nitrogen and oxygen atoms in total. The van der Waals surface area contributed by atoms with Gasteiger partial charge in [-0.3, -0.25) is 0 Å². The van der Waals surface area contributed by atoms with Gasteiger partial charge >= 0.3 is 0 Å². The summed E-state index contributed by atoms with van der Waals surface area (Å²) in [5.41, 5.74) is 7.61. The molecule has 166 valence electrons. The van der Waals surface area contributed by atoms with E-state index in [4.69, 9.17) is 0 Å². The summed E-state index contributed by atoms with van der Waals surface area (Å²) in [6, 6.07) is 33.1. The Morgan fingerprint density at radius 3 is 2.06 bits per heavy atom. The van der Waals surface area contributed by atoms with Crippen LogP contribution in [0.3, 0.4) is 0 Å². The van der Waals surface area contributed by atoms with Gasteiger partial charge in [-0.15, -0.1) is 0 Å². The fourth-order valence-electron chi connectivity index (χ4n) is 4.20. The van der Waals surface area contributed by atoms with Gasteiger partial charge in [-0.1, -0.05) is 123 Å². The minimum atomic E-state index is -0.199. The average molecular weight is 435 g/mol. The normalized spacial score (nSPS) is 12.2. The lowest BCUT2D eigenvalue weighted by molar-refractivity contribution is 0.625. The van der Waals surface area contributed by atoms with Crippen LogP contribution in [0.2, 0.25) is 0 Å². The molecule has 4 aromatic rings. The smallest absolute Gasteiger partial charge is 0.131 e. The molecule has 0 aliphatic carbocycles. The first-order valence-corrected chi connectivity index (χ1v) is 11.8. The SMILES string of the molecule is CCCc1ccc(-c2ccc(C=Cc3ccc(C[C@@H](C)c4ccccc4)cc3)c(F)c2)cc1. The topological polar surface area (TPSA) is 0 Å². The van der Waals surface area contributed by atoms with Gasteiger partial charge in [-0.2, -0.15) is 0 Å². The Bertz CT molecular complexity index is 1190. The third-order valence-electron chi connectivity index (χ3n) is 6.17. The molecule has 0 N–H and O–H groups in total. The lowest BCUT2D eigenvalue weighted by Gasteiger charge is -2.12. The zero-order chi connectivity index (χ0) is 23.0. The summed E-state index contributed by atoms with van der Waals surface area (Å²) < 4.78 is 14.8. The molecule has 0 fully saturated rings. The molecular weight excluding hydrogens is 403 g/mol. The summed E-state index contributed by atoms with van der Waals surface area (Å²) in [5, 5.41) is 0. The molecule has 0 saturated carbocycles. The van der Waals surface area contributed by atoms with E-state index in [1.807, 2.05) is 24.3 Å². The van der Waals surface area contributed by atoms with Gasteiger partial charge < -0.3 is 0 Å². The van der Waals surface area contributed by atoms with Crippen molar-refractivity contribution in [3.63, 3.8) is 0 Å². The fourth-order valence-corrected chi connectivity index (χ4v) is 4.20. The van der Waals surface area contributed by atoms with Crippen LogP contribution in [0.25, 0.3) is 23.3 Å². The lowest BCUT2D eigenvalue weighted by Crippen LogP contribution is -1.98. The summed E-state index contributed by atoms with van der Waals surface area (Å²) >= 11 is 0. The van der Waals surface area contributed by atoms with Crippen LogP contribution in [-0.2, 0) is 12.8 Å². The third-order valence-corrected chi connectivity index (χ3v) is 6.17. The number of aryl methyl sites for hydroxylation is 1. The summed E-state index contributed by atoms with van der Waals surface area (Å²) in [4.78, 5) is 0. The zero-order valence-electron chi connectivity index (χ0n) is 19.5. The van der Waals surface area contributed by atoms with Crippen molar-refractivity contribution < 1.29 is 4.39 Å². The number of halogens is 1. The fraction of sp³-hybridized carbons (Fsp3) is 0.188. The first kappa shape index (κ1) is 22.7. The quantitative estimate of drug-likeness (QED) is 0.243. The molecule has 33 heavy (non-hydrogen) atoms. The molecule has 4 aromatic carbocycles. The van der Waals surface area contributed by atoms with Crippen molar-refractivity contribution >= 4 is 12.2 Å². The Kier molecular flexibility index (Phi) is 7.52. The number of hydrogen-bond acceptors (Lipinski definition) is 0. The molecule has 0 heterocycles. The van der Waals surface area contributed by atoms with E-state index in [-0.39, 0.29) is 5.82 Å². The summed E-state index contributed by atoms with van der Waals surface area (Å²) in [6.45, 7) is 4.44. The molecule has 0 bridgehead atoms. The van der Waals surface area contributed by atoms with Crippen LogP contribution in [-0.4, -0.2) is 0 Å². The van der Waals surface area contributed by atoms with E-state index >= 15 is 0 Å². The molecule has 0 aromatic heterocycles. The van der Waals surface area contributed by atoms with E-state index in [0.717, 1.165) is 36.0 Å². The molecule has 0 radical (unpaired) electrons. The van der Waals surface area contributed by atoms with Crippen molar-refractivity contribution in [2.45, 2.75) is 39.0 Å². The highest BCUT2D eigenvalue weighted by Gasteiger charge is 2.06. The van der Waals surface area contributed by atoms with Gasteiger partial charge in [0, 0.05) is 5.56 Å². The van der Waals surface area contributed by atoms with Crippen molar-refractivity contribution in [1.29, 1.82) is 0 Å². The van der Waals surface area contributed by atoms with Gasteiger partial charge in [-0.05, 0) is 58.2 Å². The van der Waals surface area contributed by atoms with Crippen molar-refractivity contribution in [2.24, 2.45) is 0 Å². The maximum absolute atomic E-state index is 14.8. The summed E-state index contributed by atoms with van der Waals surface area (Å²) in [7, 11) is 0. The Labute approximate surface area is 197 Å². The molecule has 4 rings (SSSR count). The van der Waals surface area contributed by atoms with Crippen LogP contribution in [0.1, 0.15) is 54.0 Å². The molecule has 0 spiro atoms. The van der Waals surface area contributed by atoms with Gasteiger partial charge in [-0.25, -0.2) is 4.39 Å². The van der Waals surface area contributed by atoms with E-state index in [1.54, 1.807) is 6.07 Å². The highest BCUT2D eigenvalue weighted by molar-refractivity contribution is 5.72. The third kappa shape index (κ3) is 6.08. The summed E-state index contributed by atoms with van der Waals surface area (Å²) in [6.07, 6.45) is 7.03. The second-order valence-corrected chi connectivity index (χ2v) is 8.77. The second kappa shape index (κ2) is 10.9. The Hall–Kier alpha value is -3.45. The van der Waals surface area contributed by atoms with Gasteiger partial charge in [0.1, 0.15) is 5.82 Å². The van der Waals surface area contributed by atoms with E-state index in [9.17, 15) is 4.39 Å². The average Bonchev–Trinajstić information content (AvgIpc) is 2.85. The van der Waals surface area contributed by atoms with E-state index < -0.39 is 0 Å². The Morgan fingerprint density at radius 1 is 0.727 bits per heavy atom. The van der Waals surface area contributed by atoms with E-state index in [2.05, 4.69) is 92.7 Å². The van der Waals surface area contributed by atoms with Crippen LogP contribution in [0.15, 0.2) is 97.1 Å². The van der Waals surface area contributed by atoms with Crippen LogP contribution >= 0.6 is 0 Å². The van der Waals surface area contributed by atoms with Gasteiger partial charge in [0.05, 0.1) is 0 Å². The molecule has 0 aliphatic rings. The zero-order valence-corrected chi connectivity index (χ0v) is 19.5. The monoisotopic (exact) mass is 434 g/mol. The molecular formula is C32H31F. The first-order chi connectivity index (χ1) is 16.1. The Morgan fingerprint density at radius 2 is 1.39 bits per heavy atom. The minimum Gasteiger partial charge on any atom is -0.206 e. The van der Waals surface area contributed by atoms with Crippen molar-refractivity contribution in [2.75, 3.05) is 0 Å². The molecule has 1 heteroatoms. The van der Waals surface area contributed by atoms with E-state index in [0.29, 0.717) is 11.5 Å². The van der Waals surface area contributed by atoms with Crippen LogP contribution in [0.5, 0.6) is 0 Å².